The first-order valence-corrected chi connectivity index (χ1v) is 43.8. The molecule has 22 nitrogen and oxygen atoms in total. The molecule has 7 aromatic rings. The number of esters is 4. The Morgan fingerprint density at radius 3 is 1.25 bits per heavy atom. The number of aldehydes is 1. The van der Waals surface area contributed by atoms with Crippen LogP contribution < -0.4 is 42.2 Å². The normalized spacial score (nSPS) is 10.7. The Hall–Kier alpha value is -10.0. The zero-order chi connectivity index (χ0) is 92.8. The van der Waals surface area contributed by atoms with Gasteiger partial charge >= 0.3 is 23.9 Å². The molecule has 3 N–H and O–H groups in total. The SMILES string of the molecule is BrC/C=C/c1ccccc1.C=CC(=O)OCC.C=CCCc1ccc(C=O)cc1.C=CCOc1ccc(CN(C/C=C/c2ccccc2)CCOC)cc1.C=CCOc1ccc(CN(CCOC)CCC(=O)OCC)cc1.C=CCOc1ccc(C[N+](C/C=C/c2ccccc2)(CCOC)CCC(=O)OCC)cc1.CCOC(=O)CCNCCOC.COCCN.[Br-]. The van der Waals surface area contributed by atoms with E-state index in [2.05, 4.69) is 183 Å². The number of alkyl halides is 1. The van der Waals surface area contributed by atoms with Crippen LogP contribution in [0.2, 0.25) is 0 Å². The van der Waals surface area contributed by atoms with Gasteiger partial charge in [0, 0.05) is 117 Å². The first-order chi connectivity index (χ1) is 61.4. The molecule has 1 unspecified atom stereocenters. The first kappa shape index (κ1) is 119. The third-order valence-corrected chi connectivity index (χ3v) is 17.7. The summed E-state index contributed by atoms with van der Waals surface area (Å²) in [5, 5.41) is 3.97. The van der Waals surface area contributed by atoms with Crippen molar-refractivity contribution in [2.24, 2.45) is 5.73 Å². The van der Waals surface area contributed by atoms with Crippen LogP contribution >= 0.6 is 15.9 Å². The summed E-state index contributed by atoms with van der Waals surface area (Å²) in [5.41, 5.74) is 14.2. The van der Waals surface area contributed by atoms with Crippen LogP contribution in [0.5, 0.6) is 17.2 Å². The van der Waals surface area contributed by atoms with Crippen molar-refractivity contribution >= 4 is 64.3 Å². The third kappa shape index (κ3) is 67.9. The molecule has 0 fully saturated rings. The largest absolute Gasteiger partial charge is 1.00 e. The number of quaternary nitrogens is 1. The van der Waals surface area contributed by atoms with Gasteiger partial charge in [-0.1, -0.05) is 236 Å². The van der Waals surface area contributed by atoms with Gasteiger partial charge in [0.2, 0.25) is 0 Å². The van der Waals surface area contributed by atoms with Gasteiger partial charge in [-0.05, 0) is 129 Å². The Morgan fingerprint density at radius 1 is 0.433 bits per heavy atom. The number of nitrogens with zero attached hydrogens (tertiary/aromatic N) is 3. The highest BCUT2D eigenvalue weighted by Gasteiger charge is 2.28. The average Bonchev–Trinajstić information content (AvgIpc) is 0.832. The van der Waals surface area contributed by atoms with E-state index in [1.807, 2.05) is 135 Å². The number of methoxy groups -OCH3 is 5. The molecule has 0 aliphatic rings. The smallest absolute Gasteiger partial charge is 0.330 e. The minimum absolute atomic E-state index is 0. The zero-order valence-corrected chi connectivity index (χ0v) is 80.1. The van der Waals surface area contributed by atoms with Crippen LogP contribution in [0.15, 0.2) is 270 Å². The van der Waals surface area contributed by atoms with Crippen LogP contribution in [0.25, 0.3) is 18.2 Å². The lowest BCUT2D eigenvalue weighted by Gasteiger charge is -2.38. The van der Waals surface area contributed by atoms with Crippen LogP contribution in [0.1, 0.15) is 103 Å². The molecule has 7 aromatic carbocycles. The maximum atomic E-state index is 12.2. The molecule has 0 saturated heterocycles. The molecule has 7 rings (SSSR count). The fourth-order valence-electron chi connectivity index (χ4n) is 10.9. The number of ether oxygens (including phenoxy) is 12. The minimum Gasteiger partial charge on any atom is -1.00 e. The summed E-state index contributed by atoms with van der Waals surface area (Å²) in [6.45, 7) is 41.5. The summed E-state index contributed by atoms with van der Waals surface area (Å²) in [4.78, 5) is 59.4. The zero-order valence-electron chi connectivity index (χ0n) is 76.9. The van der Waals surface area contributed by atoms with Crippen molar-refractivity contribution < 1.29 is 102 Å². The quantitative estimate of drug-likeness (QED) is 0.00526. The van der Waals surface area contributed by atoms with Gasteiger partial charge in [-0.3, -0.25) is 29.0 Å². The number of hydrogen-bond acceptors (Lipinski definition) is 21. The van der Waals surface area contributed by atoms with Crippen molar-refractivity contribution in [2.75, 3.05) is 186 Å². The van der Waals surface area contributed by atoms with Crippen molar-refractivity contribution in [1.82, 2.24) is 15.1 Å². The van der Waals surface area contributed by atoms with Gasteiger partial charge < -0.3 is 89.4 Å². The summed E-state index contributed by atoms with van der Waals surface area (Å²) in [5.74, 6) is 1.68. The van der Waals surface area contributed by atoms with Crippen molar-refractivity contribution in [3.63, 3.8) is 0 Å². The second-order valence-corrected chi connectivity index (χ2v) is 27.9. The fraction of sp³-hybridized carbons (Fsp3) is 0.388. The highest BCUT2D eigenvalue weighted by Crippen LogP contribution is 2.22. The highest BCUT2D eigenvalue weighted by atomic mass is 79.9. The van der Waals surface area contributed by atoms with Gasteiger partial charge in [-0.15, -0.1) is 6.58 Å². The van der Waals surface area contributed by atoms with Crippen molar-refractivity contribution in [2.45, 2.75) is 79.4 Å². The van der Waals surface area contributed by atoms with E-state index in [0.29, 0.717) is 123 Å². The Morgan fingerprint density at radius 2 is 0.850 bits per heavy atom. The molecule has 0 bridgehead atoms. The summed E-state index contributed by atoms with van der Waals surface area (Å²) < 4.78 is 61.9. The van der Waals surface area contributed by atoms with Crippen LogP contribution in [-0.2, 0) is 87.9 Å². The molecule has 127 heavy (non-hydrogen) atoms. The maximum Gasteiger partial charge on any atom is 0.330 e. The monoisotopic (exact) mass is 1880 g/mol. The average molecular weight is 1890 g/mol. The second kappa shape index (κ2) is 85.4. The van der Waals surface area contributed by atoms with Gasteiger partial charge in [0.25, 0.3) is 0 Å². The summed E-state index contributed by atoms with van der Waals surface area (Å²) in [6.07, 6.45) is 25.1. The van der Waals surface area contributed by atoms with Crippen molar-refractivity contribution in [3.05, 3.63) is 314 Å². The van der Waals surface area contributed by atoms with Crippen LogP contribution in [0.3, 0.4) is 0 Å². The minimum atomic E-state index is -0.359. The molecular formula is C103H145Br2N5O17. The second-order valence-electron chi connectivity index (χ2n) is 27.3. The molecule has 0 spiro atoms. The van der Waals surface area contributed by atoms with Crippen molar-refractivity contribution in [1.29, 1.82) is 0 Å². The molecule has 1 atom stereocenters. The van der Waals surface area contributed by atoms with E-state index >= 15 is 0 Å². The lowest BCUT2D eigenvalue weighted by Crippen LogP contribution is -3.00. The Kier molecular flexibility index (Phi) is 80.0. The van der Waals surface area contributed by atoms with E-state index in [1.165, 1.54) is 27.8 Å². The van der Waals surface area contributed by atoms with Crippen LogP contribution in [0.4, 0.5) is 0 Å². The van der Waals surface area contributed by atoms with E-state index in [4.69, 9.17) is 53.1 Å². The number of allylic oxidation sites excluding steroid dienone is 2. The Labute approximate surface area is 778 Å². The van der Waals surface area contributed by atoms with Gasteiger partial charge in [0.1, 0.15) is 56.4 Å². The molecule has 0 aliphatic carbocycles. The van der Waals surface area contributed by atoms with E-state index in [9.17, 15) is 24.0 Å². The molecule has 698 valence electrons. The lowest BCUT2D eigenvalue weighted by atomic mass is 10.1. The number of benzene rings is 7. The molecule has 0 aliphatic heterocycles. The van der Waals surface area contributed by atoms with Crippen LogP contribution in [-0.4, -0.2) is 230 Å². The number of halogens is 2. The number of carbonyl (C=O) groups excluding carboxylic acids is 5. The van der Waals surface area contributed by atoms with E-state index < -0.39 is 0 Å². The Balaban J connectivity index is 0. The van der Waals surface area contributed by atoms with Gasteiger partial charge in [-0.25, -0.2) is 4.79 Å². The van der Waals surface area contributed by atoms with E-state index in [0.717, 1.165) is 130 Å². The first-order valence-electron chi connectivity index (χ1n) is 42.7. The summed E-state index contributed by atoms with van der Waals surface area (Å²) in [7, 11) is 8.41. The summed E-state index contributed by atoms with van der Waals surface area (Å²) in [6, 6.07) is 62.8. The number of hydrogen-bond donors (Lipinski definition) is 2. The van der Waals surface area contributed by atoms with Gasteiger partial charge in [-0.2, -0.15) is 0 Å². The lowest BCUT2D eigenvalue weighted by molar-refractivity contribution is -0.935. The molecular weight excluding hydrogens is 1740 g/mol. The predicted octanol–water partition coefficient (Wildman–Crippen LogP) is 15.2. The molecule has 0 amide bonds. The van der Waals surface area contributed by atoms with Gasteiger partial charge in [0.05, 0.1) is 91.8 Å². The van der Waals surface area contributed by atoms with E-state index in [-0.39, 0.29) is 40.9 Å². The number of rotatable bonds is 55. The molecule has 0 heterocycles. The number of aryl methyl sites for hydroxylation is 1. The number of carbonyl (C=O) groups is 5. The van der Waals surface area contributed by atoms with E-state index in [1.54, 1.807) is 67.6 Å². The molecule has 24 heteroatoms. The standard InChI is InChI=1S/C27H36NO4.C22H27NO2.C18H27NO4.C11H12O.C9H9Br.C8H17NO3.C5H8O2.C3H9NO.BrH/c1-4-21-32-26-15-13-25(14-16-26)23-28(20-22-30-3,19-17-27(29)31-5-2)18-9-12-24-10-7-6-8-11-24;1-3-17-25-22-13-11-21(12-14-22)19-23(16-18-24-2)15-7-10-20-8-5-4-6-9-20;1-4-13-23-17-8-6-16(7-9-17)15-19(12-14-21-3)11-10-18(20)22-5-2;1-2-3-4-10-5-7-11(9-12)8-6-10;10-8-4-7-9-5-2-1-3-6-9;1-3-12-8(10)4-5-9-6-7-11-2;1-3-5(6)7-4-2;1-5-3-2-4;/h4,6-16H,1,5,17-23H2,2-3H3;3-14H,1,15-19H2,2H3;4,6-9H,1,5,10-15H2,2-3H3;2,5-9H,1,3-4H2;1-7H,8H2;9H,3-7H2,1-2H3;3H,1,4H2,2H3;2-4H2,1H3;1H/q+1;;;;;;;;/p-1/b12-9+;10-7+;;;7-4+;;;;. The molecule has 0 saturated carbocycles. The molecule has 0 radical (unpaired) electrons. The fourth-order valence-corrected chi connectivity index (χ4v) is 11.1. The highest BCUT2D eigenvalue weighted by molar-refractivity contribution is 9.09. The maximum absolute atomic E-state index is 12.2. The number of nitrogens with one attached hydrogen (secondary N) is 1. The third-order valence-electron chi connectivity index (χ3n) is 17.3. The number of nitrogens with two attached hydrogens (primary N) is 1. The topological polar surface area (TPSA) is 241 Å². The van der Waals surface area contributed by atoms with Crippen LogP contribution in [0, 0.1) is 0 Å². The van der Waals surface area contributed by atoms with Crippen molar-refractivity contribution in [3.8, 4) is 17.2 Å². The summed E-state index contributed by atoms with van der Waals surface area (Å²) >= 11 is 3.32. The Bertz CT molecular complexity index is 3960. The molecule has 0 aromatic heterocycles. The predicted molar refractivity (Wildman–Crippen MR) is 518 cm³/mol. The van der Waals surface area contributed by atoms with Gasteiger partial charge in [0.15, 0.2) is 0 Å².